The summed E-state index contributed by atoms with van der Waals surface area (Å²) in [6, 6.07) is 14.8. The van der Waals surface area contributed by atoms with Crippen LogP contribution in [0.1, 0.15) is 47.4 Å². The topological polar surface area (TPSA) is 83.5 Å². The second kappa shape index (κ2) is 7.38. The lowest BCUT2D eigenvalue weighted by molar-refractivity contribution is -0.147. The molecule has 0 radical (unpaired) electrons. The zero-order chi connectivity index (χ0) is 24.6. The zero-order valence-electron chi connectivity index (χ0n) is 17.4. The fourth-order valence-electron chi connectivity index (χ4n) is 5.28. The van der Waals surface area contributed by atoms with Crippen LogP contribution in [0.15, 0.2) is 53.4 Å². The van der Waals surface area contributed by atoms with Gasteiger partial charge in [-0.2, -0.15) is 8.78 Å². The Morgan fingerprint density at radius 2 is 1.32 bits per heavy atom. The van der Waals surface area contributed by atoms with Crippen LogP contribution >= 0.6 is 0 Å². The van der Waals surface area contributed by atoms with Crippen LogP contribution in [0.3, 0.4) is 0 Å². The first kappa shape index (κ1) is 22.5. The molecule has 0 N–H and O–H groups in total. The summed E-state index contributed by atoms with van der Waals surface area (Å²) in [5.41, 5.74) is 2.26. The predicted octanol–water partition coefficient (Wildman–Crippen LogP) is 4.74. The molecule has 0 aliphatic heterocycles. The van der Waals surface area contributed by atoms with Crippen LogP contribution in [-0.4, -0.2) is 18.9 Å². The maximum atomic E-state index is 14.5. The summed E-state index contributed by atoms with van der Waals surface area (Å²) >= 11 is 0. The molecule has 1 atom stereocenters. The van der Waals surface area contributed by atoms with Crippen molar-refractivity contribution in [2.45, 2.75) is 30.1 Å². The lowest BCUT2D eigenvalue weighted by atomic mass is 9.53. The molecule has 0 saturated heterocycles. The smallest absolute Gasteiger partial charge is 0.318 e. The van der Waals surface area contributed by atoms with Gasteiger partial charge in [0.15, 0.2) is 11.6 Å². The highest BCUT2D eigenvalue weighted by molar-refractivity contribution is 7.85. The molecular weight excluding hydrogens is 476 g/mol. The Labute approximate surface area is 191 Å². The number of esters is 1. The molecule has 3 aliphatic carbocycles. The SMILES string of the molecule is CC1(C(=O)Oc2c(F)c(F)c(S(=O)(=O)[O-])c(F)c2F)CC2c3ccccc3C1c1ccccc12. The molecule has 0 saturated carbocycles. The largest absolute Gasteiger partial charge is 0.744 e. The van der Waals surface area contributed by atoms with Crippen molar-refractivity contribution in [3.8, 4) is 5.75 Å². The molecule has 34 heavy (non-hydrogen) atoms. The van der Waals surface area contributed by atoms with Crippen molar-refractivity contribution in [3.05, 3.63) is 94.1 Å². The summed E-state index contributed by atoms with van der Waals surface area (Å²) in [5, 5.41) is 0. The van der Waals surface area contributed by atoms with Crippen LogP contribution in [0.4, 0.5) is 17.6 Å². The van der Waals surface area contributed by atoms with Gasteiger partial charge in [0.1, 0.15) is 15.0 Å². The molecule has 0 heterocycles. The Morgan fingerprint density at radius 1 is 0.882 bits per heavy atom. The normalized spacial score (nSPS) is 22.8. The number of rotatable bonds is 3. The van der Waals surface area contributed by atoms with Crippen molar-refractivity contribution in [2.24, 2.45) is 5.41 Å². The van der Waals surface area contributed by atoms with Crippen LogP contribution in [0.5, 0.6) is 5.75 Å². The second-order valence-electron chi connectivity index (χ2n) is 8.62. The van der Waals surface area contributed by atoms with E-state index in [2.05, 4.69) is 0 Å². The third kappa shape index (κ3) is 3.01. The van der Waals surface area contributed by atoms with Crippen LogP contribution < -0.4 is 4.74 Å². The fraction of sp³-hybridized carbons (Fsp3) is 0.208. The molecule has 3 aromatic rings. The summed E-state index contributed by atoms with van der Waals surface area (Å²) in [6.45, 7) is 1.54. The molecule has 10 heteroatoms. The van der Waals surface area contributed by atoms with Crippen molar-refractivity contribution in [1.29, 1.82) is 0 Å². The van der Waals surface area contributed by atoms with Crippen molar-refractivity contribution < 1.29 is 40.1 Å². The van der Waals surface area contributed by atoms with Crippen LogP contribution in [0.25, 0.3) is 0 Å². The van der Waals surface area contributed by atoms with E-state index in [0.29, 0.717) is 0 Å². The quantitative estimate of drug-likeness (QED) is 0.174. The van der Waals surface area contributed by atoms with Crippen LogP contribution in [0.2, 0.25) is 0 Å². The van der Waals surface area contributed by atoms with E-state index in [-0.39, 0.29) is 12.3 Å². The number of fused-ring (bicyclic) bond motifs is 1. The van der Waals surface area contributed by atoms with E-state index in [1.54, 1.807) is 12.1 Å². The molecular formula is C24H15F4O5S-. The molecule has 0 amide bonds. The minimum Gasteiger partial charge on any atom is -0.744 e. The number of hydrogen-bond acceptors (Lipinski definition) is 5. The summed E-state index contributed by atoms with van der Waals surface area (Å²) in [7, 11) is -5.88. The minimum atomic E-state index is -5.88. The first-order valence-electron chi connectivity index (χ1n) is 10.2. The van der Waals surface area contributed by atoms with E-state index in [1.807, 2.05) is 36.4 Å². The second-order valence-corrected chi connectivity index (χ2v) is 9.94. The van der Waals surface area contributed by atoms with Crippen molar-refractivity contribution in [2.75, 3.05) is 0 Å². The van der Waals surface area contributed by atoms with Gasteiger partial charge in [0, 0.05) is 11.8 Å². The standard InChI is InChI=1S/C24H16F4O5S/c1-24(23(29)33-21-17(25)19(27)22(34(30,31)32)20(28)18(21)26)10-15-11-6-2-4-8-13(11)16(24)14-9-5-3-7-12(14)15/h2-9,15-16H,10H2,1H3,(H,30,31,32)/p-1. The first-order chi connectivity index (χ1) is 16.0. The van der Waals surface area contributed by atoms with Gasteiger partial charge in [0.25, 0.3) is 0 Å². The molecule has 176 valence electrons. The number of hydrogen-bond donors (Lipinski definition) is 0. The maximum absolute atomic E-state index is 14.5. The van der Waals surface area contributed by atoms with E-state index >= 15 is 0 Å². The molecule has 0 aromatic heterocycles. The average molecular weight is 491 g/mol. The highest BCUT2D eigenvalue weighted by atomic mass is 32.2. The van der Waals surface area contributed by atoms with Gasteiger partial charge in [-0.15, -0.1) is 0 Å². The van der Waals surface area contributed by atoms with Crippen LogP contribution in [0, 0.1) is 28.7 Å². The summed E-state index contributed by atoms with van der Waals surface area (Å²) < 4.78 is 95.4. The predicted molar refractivity (Wildman–Crippen MR) is 109 cm³/mol. The highest BCUT2D eigenvalue weighted by Crippen LogP contribution is 2.61. The Hall–Kier alpha value is -3.24. The fourth-order valence-corrected chi connectivity index (χ4v) is 5.89. The Balaban J connectivity index is 1.62. The van der Waals surface area contributed by atoms with Crippen molar-refractivity contribution >= 4 is 16.1 Å². The van der Waals surface area contributed by atoms with E-state index < -0.39 is 61.3 Å². The highest BCUT2D eigenvalue weighted by Gasteiger charge is 2.55. The average Bonchev–Trinajstić information content (AvgIpc) is 2.79. The zero-order valence-corrected chi connectivity index (χ0v) is 18.3. The molecule has 0 fully saturated rings. The lowest BCUT2D eigenvalue weighted by Crippen LogP contribution is -2.46. The van der Waals surface area contributed by atoms with Crippen molar-refractivity contribution in [1.82, 2.24) is 0 Å². The molecule has 1 unspecified atom stereocenters. The third-order valence-corrected chi connectivity index (χ3v) is 7.58. The van der Waals surface area contributed by atoms with Gasteiger partial charge in [-0.3, -0.25) is 4.79 Å². The monoisotopic (exact) mass is 491 g/mol. The molecule has 2 bridgehead atoms. The number of carbonyl (C=O) groups excluding carboxylic acids is 1. The first-order valence-corrected chi connectivity index (χ1v) is 11.6. The number of ether oxygens (including phenoxy) is 1. The number of carbonyl (C=O) groups is 1. The minimum absolute atomic E-state index is 0.200. The van der Waals surface area contributed by atoms with Gasteiger partial charge in [-0.05, 0) is 35.6 Å². The summed E-state index contributed by atoms with van der Waals surface area (Å²) in [5.74, 6) is -13.2. The molecule has 6 rings (SSSR count). The van der Waals surface area contributed by atoms with E-state index in [1.165, 1.54) is 6.92 Å². The Kier molecular flexibility index (Phi) is 4.89. The van der Waals surface area contributed by atoms with Gasteiger partial charge >= 0.3 is 5.97 Å². The van der Waals surface area contributed by atoms with Gasteiger partial charge < -0.3 is 9.29 Å². The molecule has 0 spiro atoms. The van der Waals surface area contributed by atoms with Gasteiger partial charge in [0.05, 0.1) is 5.41 Å². The van der Waals surface area contributed by atoms with Gasteiger partial charge in [-0.25, -0.2) is 17.2 Å². The Bertz CT molecular complexity index is 1410. The third-order valence-electron chi connectivity index (χ3n) is 6.72. The molecule has 3 aromatic carbocycles. The lowest BCUT2D eigenvalue weighted by Gasteiger charge is -2.50. The van der Waals surface area contributed by atoms with E-state index in [9.17, 15) is 35.3 Å². The number of benzene rings is 3. The van der Waals surface area contributed by atoms with Crippen LogP contribution in [-0.2, 0) is 14.9 Å². The van der Waals surface area contributed by atoms with Gasteiger partial charge in [0.2, 0.25) is 17.4 Å². The number of halogens is 4. The van der Waals surface area contributed by atoms with E-state index in [4.69, 9.17) is 4.74 Å². The molecule has 3 aliphatic rings. The van der Waals surface area contributed by atoms with Crippen molar-refractivity contribution in [3.63, 3.8) is 0 Å². The van der Waals surface area contributed by atoms with E-state index in [0.717, 1.165) is 22.3 Å². The summed E-state index contributed by atoms with van der Waals surface area (Å²) in [6.07, 6.45) is 0.200. The maximum Gasteiger partial charge on any atom is 0.318 e. The molecule has 5 nitrogen and oxygen atoms in total. The van der Waals surface area contributed by atoms with Gasteiger partial charge in [-0.1, -0.05) is 48.5 Å². The Morgan fingerprint density at radius 3 is 1.76 bits per heavy atom. The summed E-state index contributed by atoms with van der Waals surface area (Å²) in [4.78, 5) is 11.0.